The summed E-state index contributed by atoms with van der Waals surface area (Å²) in [4.78, 5) is 30.5. The third-order valence-electron chi connectivity index (χ3n) is 8.39. The van der Waals surface area contributed by atoms with Crippen molar-refractivity contribution in [1.29, 1.82) is 0 Å². The summed E-state index contributed by atoms with van der Waals surface area (Å²) in [7, 11) is 1.67. The molecule has 0 bridgehead atoms. The maximum Gasteiger partial charge on any atom is 0.229 e. The number of ether oxygens (including phenoxy) is 1. The third kappa shape index (κ3) is 6.85. The molecule has 1 aliphatic carbocycles. The Balaban J connectivity index is 0.00000320. The van der Waals surface area contributed by atoms with E-state index in [9.17, 15) is 9.59 Å². The molecule has 1 N–H and O–H groups in total. The number of carbonyl (C=O) groups excluding carboxylic acids is 2. The van der Waals surface area contributed by atoms with Crippen LogP contribution in [0.4, 0.5) is 0 Å². The molecule has 5 rings (SSSR count). The van der Waals surface area contributed by atoms with Crippen molar-refractivity contribution in [2.24, 2.45) is 11.3 Å². The van der Waals surface area contributed by atoms with Gasteiger partial charge in [0.15, 0.2) is 0 Å². The van der Waals surface area contributed by atoms with E-state index in [1.54, 1.807) is 7.11 Å². The number of piperidine rings is 1. The third-order valence-corrected chi connectivity index (χ3v) is 8.39. The minimum atomic E-state index is -0.194. The fraction of sp³-hybridized carbons (Fsp3) is 0.533. The number of likely N-dealkylation sites (tertiary alicyclic amines) is 2. The molecule has 2 heterocycles. The minimum absolute atomic E-state index is 0. The summed E-state index contributed by atoms with van der Waals surface area (Å²) in [5, 5.41) is 3.30. The summed E-state index contributed by atoms with van der Waals surface area (Å²) < 4.78 is 5.25. The van der Waals surface area contributed by atoms with E-state index in [-0.39, 0.29) is 29.8 Å². The average molecular weight is 526 g/mol. The van der Waals surface area contributed by atoms with Gasteiger partial charge in [0.2, 0.25) is 11.8 Å². The molecule has 200 valence electrons. The number of benzene rings is 2. The topological polar surface area (TPSA) is 61.9 Å². The lowest BCUT2D eigenvalue weighted by atomic mass is 9.77. The zero-order valence-corrected chi connectivity index (χ0v) is 22.7. The summed E-state index contributed by atoms with van der Waals surface area (Å²) in [6, 6.07) is 18.4. The fourth-order valence-corrected chi connectivity index (χ4v) is 5.82. The maximum absolute atomic E-state index is 13.4. The summed E-state index contributed by atoms with van der Waals surface area (Å²) in [6.07, 6.45) is 6.74. The molecule has 0 unspecified atom stereocenters. The van der Waals surface area contributed by atoms with Crippen LogP contribution in [0, 0.1) is 11.3 Å². The average Bonchev–Trinajstić information content (AvgIpc) is 3.69. The van der Waals surface area contributed by atoms with Gasteiger partial charge in [-0.25, -0.2) is 0 Å². The van der Waals surface area contributed by atoms with Gasteiger partial charge in [-0.15, -0.1) is 12.4 Å². The predicted molar refractivity (Wildman–Crippen MR) is 148 cm³/mol. The molecule has 2 aromatic rings. The van der Waals surface area contributed by atoms with Crippen LogP contribution in [0.15, 0.2) is 54.6 Å². The Morgan fingerprint density at radius 2 is 1.70 bits per heavy atom. The normalized spacial score (nSPS) is 19.9. The first kappa shape index (κ1) is 27.5. The Kier molecular flexibility index (Phi) is 9.14. The van der Waals surface area contributed by atoms with E-state index in [4.69, 9.17) is 4.74 Å². The SMILES string of the molecule is COc1ccc(CN2CCC3(CCN(CC[C@H](NC(=O)CC4CC4)c4ccccc4)CC3)C2=O)cc1.Cl. The number of amides is 2. The number of hydrogen-bond acceptors (Lipinski definition) is 4. The van der Waals surface area contributed by atoms with Crippen LogP contribution < -0.4 is 10.1 Å². The Hall–Kier alpha value is -2.57. The van der Waals surface area contributed by atoms with Crippen molar-refractivity contribution in [1.82, 2.24) is 15.1 Å². The molecule has 0 radical (unpaired) electrons. The highest BCUT2D eigenvalue weighted by atomic mass is 35.5. The highest BCUT2D eigenvalue weighted by Gasteiger charge is 2.47. The number of carbonyl (C=O) groups is 2. The molecule has 1 atom stereocenters. The van der Waals surface area contributed by atoms with Gasteiger partial charge in [0, 0.05) is 26.1 Å². The van der Waals surface area contributed by atoms with Gasteiger partial charge in [0.1, 0.15) is 5.75 Å². The second-order valence-electron chi connectivity index (χ2n) is 10.9. The van der Waals surface area contributed by atoms with Crippen molar-refractivity contribution in [2.45, 2.75) is 57.5 Å². The van der Waals surface area contributed by atoms with E-state index in [1.165, 1.54) is 18.4 Å². The predicted octanol–water partition coefficient (Wildman–Crippen LogP) is 4.98. The van der Waals surface area contributed by atoms with Crippen LogP contribution in [-0.4, -0.2) is 54.9 Å². The van der Waals surface area contributed by atoms with E-state index in [1.807, 2.05) is 47.4 Å². The first-order valence-electron chi connectivity index (χ1n) is 13.5. The monoisotopic (exact) mass is 525 g/mol. The van der Waals surface area contributed by atoms with Crippen molar-refractivity contribution in [3.63, 3.8) is 0 Å². The van der Waals surface area contributed by atoms with Crippen molar-refractivity contribution in [3.05, 3.63) is 65.7 Å². The molecule has 7 heteroatoms. The van der Waals surface area contributed by atoms with Crippen LogP contribution in [0.2, 0.25) is 0 Å². The van der Waals surface area contributed by atoms with E-state index >= 15 is 0 Å². The quantitative estimate of drug-likeness (QED) is 0.475. The molecule has 37 heavy (non-hydrogen) atoms. The molecule has 0 aromatic heterocycles. The fourth-order valence-electron chi connectivity index (χ4n) is 5.82. The van der Waals surface area contributed by atoms with Crippen LogP contribution in [0.3, 0.4) is 0 Å². The number of methoxy groups -OCH3 is 1. The molecule has 1 spiro atoms. The van der Waals surface area contributed by atoms with E-state index in [2.05, 4.69) is 22.3 Å². The number of nitrogens with one attached hydrogen (secondary N) is 1. The summed E-state index contributed by atoms with van der Waals surface area (Å²) in [5.74, 6) is 1.94. The molecule has 2 aliphatic heterocycles. The first-order chi connectivity index (χ1) is 17.5. The highest BCUT2D eigenvalue weighted by molar-refractivity contribution is 5.85. The summed E-state index contributed by atoms with van der Waals surface area (Å²) in [5.41, 5.74) is 2.13. The van der Waals surface area contributed by atoms with Gasteiger partial charge in [-0.05, 0) is 80.8 Å². The van der Waals surface area contributed by atoms with Crippen LogP contribution in [0.5, 0.6) is 5.75 Å². The molecular formula is C30H40ClN3O3. The Morgan fingerprint density at radius 1 is 1.03 bits per heavy atom. The van der Waals surface area contributed by atoms with E-state index < -0.39 is 0 Å². The van der Waals surface area contributed by atoms with Gasteiger partial charge in [-0.3, -0.25) is 9.59 Å². The van der Waals surface area contributed by atoms with Crippen LogP contribution >= 0.6 is 12.4 Å². The summed E-state index contributed by atoms with van der Waals surface area (Å²) in [6.45, 7) is 4.34. The Bertz CT molecular complexity index is 1030. The van der Waals surface area contributed by atoms with Crippen molar-refractivity contribution in [2.75, 3.05) is 33.3 Å². The number of hydrogen-bond donors (Lipinski definition) is 1. The van der Waals surface area contributed by atoms with Crippen molar-refractivity contribution in [3.8, 4) is 5.75 Å². The smallest absolute Gasteiger partial charge is 0.229 e. The molecule has 1 saturated carbocycles. The van der Waals surface area contributed by atoms with Gasteiger partial charge >= 0.3 is 0 Å². The zero-order chi connectivity index (χ0) is 25.0. The second kappa shape index (κ2) is 12.3. The molecule has 3 aliphatic rings. The summed E-state index contributed by atoms with van der Waals surface area (Å²) >= 11 is 0. The van der Waals surface area contributed by atoms with Gasteiger partial charge in [-0.2, -0.15) is 0 Å². The molecular weight excluding hydrogens is 486 g/mol. The molecule has 2 aromatic carbocycles. The first-order valence-corrected chi connectivity index (χ1v) is 13.5. The number of halogens is 1. The van der Waals surface area contributed by atoms with Crippen LogP contribution in [0.25, 0.3) is 0 Å². The minimum Gasteiger partial charge on any atom is -0.497 e. The van der Waals surface area contributed by atoms with Crippen LogP contribution in [-0.2, 0) is 16.1 Å². The molecule has 2 amide bonds. The highest BCUT2D eigenvalue weighted by Crippen LogP contribution is 2.42. The van der Waals surface area contributed by atoms with Gasteiger partial charge in [0.25, 0.3) is 0 Å². The largest absolute Gasteiger partial charge is 0.497 e. The van der Waals surface area contributed by atoms with Gasteiger partial charge < -0.3 is 19.9 Å². The lowest BCUT2D eigenvalue weighted by Gasteiger charge is -2.38. The second-order valence-corrected chi connectivity index (χ2v) is 10.9. The zero-order valence-electron chi connectivity index (χ0n) is 21.9. The maximum atomic E-state index is 13.4. The Labute approximate surface area is 227 Å². The van der Waals surface area contributed by atoms with Gasteiger partial charge in [-0.1, -0.05) is 42.5 Å². The van der Waals surface area contributed by atoms with Crippen molar-refractivity contribution < 1.29 is 14.3 Å². The van der Waals surface area contributed by atoms with Crippen LogP contribution in [0.1, 0.15) is 62.1 Å². The van der Waals surface area contributed by atoms with Gasteiger partial charge in [0.05, 0.1) is 18.6 Å². The molecule has 3 fully saturated rings. The number of rotatable bonds is 10. The van der Waals surface area contributed by atoms with E-state index in [0.29, 0.717) is 24.8 Å². The van der Waals surface area contributed by atoms with E-state index in [0.717, 1.165) is 63.2 Å². The Morgan fingerprint density at radius 3 is 2.35 bits per heavy atom. The molecule has 6 nitrogen and oxygen atoms in total. The van der Waals surface area contributed by atoms with Crippen molar-refractivity contribution >= 4 is 24.2 Å². The molecule has 2 saturated heterocycles. The standard InChI is InChI=1S/C30H39N3O3.ClH/c1-36-26-11-9-24(10-12-26)22-33-20-16-30(29(33)35)14-18-32(19-15-30)17-13-27(25-5-3-2-4-6-25)31-28(34)21-23-7-8-23;/h2-6,9-12,23,27H,7-8,13-22H2,1H3,(H,31,34);1H/t27-;/m0./s1. The lowest BCUT2D eigenvalue weighted by Crippen LogP contribution is -2.45. The lowest BCUT2D eigenvalue weighted by molar-refractivity contribution is -0.139. The number of nitrogens with zero attached hydrogens (tertiary/aromatic N) is 2.